The molecule has 6 heteroatoms. The number of fused-ring (bicyclic) bond motifs is 1. The van der Waals surface area contributed by atoms with Crippen LogP contribution in [0, 0.1) is 0 Å². The number of carbonyl (C=O) groups is 1. The predicted molar refractivity (Wildman–Crippen MR) is 116 cm³/mol. The number of nitrogens with zero attached hydrogens (tertiary/aromatic N) is 1. The molecule has 0 unspecified atom stereocenters. The molecule has 4 aromatic rings. The number of benzene rings is 3. The molecule has 4 rings (SSSR count). The van der Waals surface area contributed by atoms with Gasteiger partial charge in [-0.15, -0.1) is 0 Å². The summed E-state index contributed by atoms with van der Waals surface area (Å²) in [4.78, 5) is 24.2. The summed E-state index contributed by atoms with van der Waals surface area (Å²) < 4.78 is 12.5. The molecule has 0 spiro atoms. The van der Waals surface area contributed by atoms with E-state index in [0.29, 0.717) is 37.3 Å². The van der Waals surface area contributed by atoms with Gasteiger partial charge in [-0.1, -0.05) is 42.5 Å². The van der Waals surface area contributed by atoms with Crippen LogP contribution in [-0.4, -0.2) is 10.5 Å². The van der Waals surface area contributed by atoms with Gasteiger partial charge in [-0.3, -0.25) is 9.36 Å². The first-order chi connectivity index (χ1) is 14.7. The molecular formula is C24H22N2O4. The maximum Gasteiger partial charge on any atom is 0.419 e. The standard InChI is InChI=1S/C24H22N2O4/c27-23(11-6-16-26-21-9-4-5-10-22(21)30-24(26)28)25-19-12-14-20(15-13-19)29-17-18-7-2-1-3-8-18/h1-5,7-10,12-15H,6,11,16-17H2,(H,25,27). The fourth-order valence-corrected chi connectivity index (χ4v) is 3.22. The van der Waals surface area contributed by atoms with Crippen LogP contribution in [0.15, 0.2) is 88.1 Å². The third kappa shape index (κ3) is 4.78. The predicted octanol–water partition coefficient (Wildman–Crippen LogP) is 4.59. The summed E-state index contributed by atoms with van der Waals surface area (Å²) in [6.45, 7) is 0.921. The van der Waals surface area contributed by atoms with Gasteiger partial charge >= 0.3 is 5.76 Å². The van der Waals surface area contributed by atoms with Gasteiger partial charge < -0.3 is 14.5 Å². The summed E-state index contributed by atoms with van der Waals surface area (Å²) in [6, 6.07) is 24.5. The smallest absolute Gasteiger partial charge is 0.419 e. The second-order valence-electron chi connectivity index (χ2n) is 6.94. The van der Waals surface area contributed by atoms with Crippen molar-refractivity contribution in [2.75, 3.05) is 5.32 Å². The molecule has 1 heterocycles. The van der Waals surface area contributed by atoms with Crippen LogP contribution in [0.2, 0.25) is 0 Å². The van der Waals surface area contributed by atoms with Crippen LogP contribution in [0.4, 0.5) is 5.69 Å². The maximum absolute atomic E-state index is 12.2. The molecule has 0 aliphatic heterocycles. The Labute approximate surface area is 173 Å². The highest BCUT2D eigenvalue weighted by molar-refractivity contribution is 5.90. The van der Waals surface area contributed by atoms with Crippen LogP contribution in [-0.2, 0) is 17.9 Å². The monoisotopic (exact) mass is 402 g/mol. The first-order valence-electron chi connectivity index (χ1n) is 9.84. The van der Waals surface area contributed by atoms with Gasteiger partial charge in [-0.2, -0.15) is 0 Å². The Morgan fingerprint density at radius 2 is 1.67 bits per heavy atom. The number of carbonyl (C=O) groups excluding carboxylic acids is 1. The topological polar surface area (TPSA) is 73.5 Å². The molecule has 0 saturated heterocycles. The Balaban J connectivity index is 1.25. The Hall–Kier alpha value is -3.80. The molecule has 0 aliphatic rings. The first-order valence-corrected chi connectivity index (χ1v) is 9.84. The second-order valence-corrected chi connectivity index (χ2v) is 6.94. The van der Waals surface area contributed by atoms with Gasteiger partial charge in [-0.25, -0.2) is 4.79 Å². The summed E-state index contributed by atoms with van der Waals surface area (Å²) in [5.41, 5.74) is 3.10. The third-order valence-electron chi connectivity index (χ3n) is 4.75. The van der Waals surface area contributed by atoms with Gasteiger partial charge in [0.1, 0.15) is 12.4 Å². The molecular weight excluding hydrogens is 380 g/mol. The lowest BCUT2D eigenvalue weighted by Gasteiger charge is -2.09. The third-order valence-corrected chi connectivity index (χ3v) is 4.75. The first kappa shape index (κ1) is 19.5. The summed E-state index contributed by atoms with van der Waals surface area (Å²) in [6.07, 6.45) is 0.839. The molecule has 1 N–H and O–H groups in total. The zero-order chi connectivity index (χ0) is 20.8. The van der Waals surface area contributed by atoms with E-state index in [1.807, 2.05) is 72.8 Å². The van der Waals surface area contributed by atoms with E-state index in [1.165, 1.54) is 0 Å². The molecule has 3 aromatic carbocycles. The van der Waals surface area contributed by atoms with Gasteiger partial charge in [0.05, 0.1) is 5.52 Å². The molecule has 1 aromatic heterocycles. The number of aryl methyl sites for hydroxylation is 1. The fourth-order valence-electron chi connectivity index (χ4n) is 3.22. The molecule has 0 bridgehead atoms. The Bertz CT molecular complexity index is 1180. The number of aromatic nitrogens is 1. The van der Waals surface area contributed by atoms with Gasteiger partial charge in [0.25, 0.3) is 0 Å². The zero-order valence-corrected chi connectivity index (χ0v) is 16.4. The number of anilines is 1. The van der Waals surface area contributed by atoms with Crippen molar-refractivity contribution in [3.63, 3.8) is 0 Å². The number of ether oxygens (including phenoxy) is 1. The Morgan fingerprint density at radius 1 is 0.933 bits per heavy atom. The molecule has 152 valence electrons. The SMILES string of the molecule is O=C(CCCn1c(=O)oc2ccccc21)Nc1ccc(OCc2ccccc2)cc1. The van der Waals surface area contributed by atoms with E-state index in [1.54, 1.807) is 10.6 Å². The lowest BCUT2D eigenvalue weighted by molar-refractivity contribution is -0.116. The summed E-state index contributed by atoms with van der Waals surface area (Å²) >= 11 is 0. The van der Waals surface area contributed by atoms with E-state index >= 15 is 0 Å². The van der Waals surface area contributed by atoms with Crippen LogP contribution in [0.25, 0.3) is 11.1 Å². The minimum Gasteiger partial charge on any atom is -0.489 e. The summed E-state index contributed by atoms with van der Waals surface area (Å²) in [5.74, 6) is 0.236. The average molecular weight is 402 g/mol. The van der Waals surface area contributed by atoms with Crippen molar-refractivity contribution >= 4 is 22.7 Å². The molecule has 1 amide bonds. The van der Waals surface area contributed by atoms with Crippen molar-refractivity contribution in [2.45, 2.75) is 26.0 Å². The molecule has 0 radical (unpaired) electrons. The zero-order valence-electron chi connectivity index (χ0n) is 16.4. The Kier molecular flexibility index (Phi) is 5.94. The molecule has 0 fully saturated rings. The van der Waals surface area contributed by atoms with Gasteiger partial charge in [0.2, 0.25) is 5.91 Å². The van der Waals surface area contributed by atoms with Crippen LogP contribution < -0.4 is 15.8 Å². The summed E-state index contributed by atoms with van der Waals surface area (Å²) in [7, 11) is 0. The number of hydrogen-bond acceptors (Lipinski definition) is 4. The van der Waals surface area contributed by atoms with E-state index in [9.17, 15) is 9.59 Å². The quantitative estimate of drug-likeness (QED) is 0.468. The number of nitrogens with one attached hydrogen (secondary N) is 1. The number of oxazole rings is 1. The van der Waals surface area contributed by atoms with E-state index < -0.39 is 5.76 Å². The van der Waals surface area contributed by atoms with Gasteiger partial charge in [0.15, 0.2) is 5.58 Å². The second kappa shape index (κ2) is 9.13. The summed E-state index contributed by atoms with van der Waals surface area (Å²) in [5, 5.41) is 2.87. The normalized spacial score (nSPS) is 10.8. The van der Waals surface area contributed by atoms with Gasteiger partial charge in [-0.05, 0) is 48.4 Å². The van der Waals surface area contributed by atoms with Crippen molar-refractivity contribution in [3.05, 3.63) is 95.0 Å². The lowest BCUT2D eigenvalue weighted by atomic mass is 10.2. The van der Waals surface area contributed by atoms with Crippen LogP contribution >= 0.6 is 0 Å². The van der Waals surface area contributed by atoms with E-state index in [0.717, 1.165) is 16.8 Å². The molecule has 0 atom stereocenters. The largest absolute Gasteiger partial charge is 0.489 e. The fraction of sp³-hybridized carbons (Fsp3) is 0.167. The van der Waals surface area contributed by atoms with Crippen molar-refractivity contribution in [1.29, 1.82) is 0 Å². The van der Waals surface area contributed by atoms with E-state index in [4.69, 9.17) is 9.15 Å². The minimum atomic E-state index is -0.400. The highest BCUT2D eigenvalue weighted by Gasteiger charge is 2.09. The maximum atomic E-state index is 12.2. The minimum absolute atomic E-state index is 0.103. The highest BCUT2D eigenvalue weighted by atomic mass is 16.5. The van der Waals surface area contributed by atoms with Crippen molar-refractivity contribution < 1.29 is 13.9 Å². The van der Waals surface area contributed by atoms with Gasteiger partial charge in [0, 0.05) is 18.7 Å². The van der Waals surface area contributed by atoms with E-state index in [2.05, 4.69) is 5.32 Å². The van der Waals surface area contributed by atoms with Crippen molar-refractivity contribution in [3.8, 4) is 5.75 Å². The Morgan fingerprint density at radius 3 is 2.47 bits per heavy atom. The molecule has 30 heavy (non-hydrogen) atoms. The number of rotatable bonds is 8. The van der Waals surface area contributed by atoms with Crippen LogP contribution in [0.5, 0.6) is 5.75 Å². The molecule has 0 saturated carbocycles. The van der Waals surface area contributed by atoms with Crippen molar-refractivity contribution in [2.24, 2.45) is 0 Å². The van der Waals surface area contributed by atoms with Crippen LogP contribution in [0.3, 0.4) is 0 Å². The number of para-hydroxylation sites is 2. The number of amides is 1. The van der Waals surface area contributed by atoms with E-state index in [-0.39, 0.29) is 5.91 Å². The van der Waals surface area contributed by atoms with Crippen LogP contribution in [0.1, 0.15) is 18.4 Å². The number of hydrogen-bond donors (Lipinski definition) is 1. The molecule has 6 nitrogen and oxygen atoms in total. The average Bonchev–Trinajstić information content (AvgIpc) is 3.09. The lowest BCUT2D eigenvalue weighted by Crippen LogP contribution is -2.17. The highest BCUT2D eigenvalue weighted by Crippen LogP contribution is 2.18. The van der Waals surface area contributed by atoms with Crippen molar-refractivity contribution in [1.82, 2.24) is 4.57 Å². The molecule has 0 aliphatic carbocycles.